The molecule has 6 heteroatoms. The Labute approximate surface area is 112 Å². The van der Waals surface area contributed by atoms with Crippen molar-refractivity contribution in [2.24, 2.45) is 0 Å². The zero-order valence-corrected chi connectivity index (χ0v) is 11.2. The van der Waals surface area contributed by atoms with Gasteiger partial charge in [-0.05, 0) is 25.5 Å². The summed E-state index contributed by atoms with van der Waals surface area (Å²) in [6.45, 7) is 7.03. The maximum atomic E-state index is 4.57. The van der Waals surface area contributed by atoms with Crippen molar-refractivity contribution in [1.29, 1.82) is 0 Å². The van der Waals surface area contributed by atoms with Gasteiger partial charge in [-0.15, -0.1) is 5.10 Å². The molecular formula is C13H18N6. The Morgan fingerprint density at radius 1 is 1.37 bits per heavy atom. The van der Waals surface area contributed by atoms with E-state index in [2.05, 4.69) is 43.4 Å². The molecule has 0 amide bonds. The number of anilines is 1. The molecule has 2 N–H and O–H groups in total. The Bertz CT molecular complexity index is 564. The van der Waals surface area contributed by atoms with Crippen LogP contribution >= 0.6 is 0 Å². The summed E-state index contributed by atoms with van der Waals surface area (Å²) in [5, 5.41) is 10.7. The second-order valence-electron chi connectivity index (χ2n) is 5.04. The monoisotopic (exact) mass is 258 g/mol. The number of aromatic amines is 1. The quantitative estimate of drug-likeness (QED) is 0.840. The van der Waals surface area contributed by atoms with Crippen molar-refractivity contribution in [2.75, 3.05) is 24.5 Å². The molecule has 3 heterocycles. The first kappa shape index (κ1) is 12.1. The van der Waals surface area contributed by atoms with E-state index in [0.717, 1.165) is 42.5 Å². The predicted molar refractivity (Wildman–Crippen MR) is 74.0 cm³/mol. The van der Waals surface area contributed by atoms with Crippen molar-refractivity contribution < 1.29 is 0 Å². The number of piperazine rings is 1. The van der Waals surface area contributed by atoms with E-state index in [1.165, 1.54) is 0 Å². The molecule has 0 bridgehead atoms. The van der Waals surface area contributed by atoms with Crippen LogP contribution in [0, 0.1) is 6.92 Å². The number of hydrogen-bond donors (Lipinski definition) is 2. The average Bonchev–Trinajstić information content (AvgIpc) is 2.88. The van der Waals surface area contributed by atoms with E-state index in [4.69, 9.17) is 0 Å². The minimum absolute atomic E-state index is 0.469. The lowest BCUT2D eigenvalue weighted by molar-refractivity contribution is 0.480. The molecule has 0 aromatic carbocycles. The van der Waals surface area contributed by atoms with Crippen LogP contribution in [0.5, 0.6) is 0 Å². The molecule has 0 saturated carbocycles. The zero-order chi connectivity index (χ0) is 13.2. The van der Waals surface area contributed by atoms with Crippen molar-refractivity contribution in [3.63, 3.8) is 0 Å². The second kappa shape index (κ2) is 4.97. The zero-order valence-electron chi connectivity index (χ0n) is 11.2. The minimum Gasteiger partial charge on any atom is -0.337 e. The molecule has 0 spiro atoms. The number of rotatable bonds is 2. The molecule has 3 rings (SSSR count). The van der Waals surface area contributed by atoms with E-state index >= 15 is 0 Å². The molecular weight excluding hydrogens is 240 g/mol. The molecule has 2 aromatic heterocycles. The molecule has 1 unspecified atom stereocenters. The predicted octanol–water partition coefficient (Wildman–Crippen LogP) is 0.973. The fraction of sp³-hybridized carbons (Fsp3) is 0.462. The van der Waals surface area contributed by atoms with Gasteiger partial charge in [0.15, 0.2) is 5.82 Å². The van der Waals surface area contributed by atoms with Gasteiger partial charge >= 0.3 is 0 Å². The third-order valence-electron chi connectivity index (χ3n) is 3.27. The molecule has 1 aliphatic rings. The Balaban J connectivity index is 1.83. The highest BCUT2D eigenvalue weighted by Crippen LogP contribution is 2.18. The largest absolute Gasteiger partial charge is 0.337 e. The number of hydrogen-bond acceptors (Lipinski definition) is 5. The Morgan fingerprint density at radius 2 is 2.26 bits per heavy atom. The summed E-state index contributed by atoms with van der Waals surface area (Å²) in [7, 11) is 0. The van der Waals surface area contributed by atoms with Crippen molar-refractivity contribution in [3.05, 3.63) is 24.0 Å². The molecule has 2 aromatic rings. The first-order valence-electron chi connectivity index (χ1n) is 6.55. The van der Waals surface area contributed by atoms with Gasteiger partial charge in [0.2, 0.25) is 5.95 Å². The van der Waals surface area contributed by atoms with Gasteiger partial charge in [0.1, 0.15) is 0 Å². The van der Waals surface area contributed by atoms with E-state index in [1.54, 1.807) is 6.20 Å². The van der Waals surface area contributed by atoms with Crippen LogP contribution in [0.4, 0.5) is 5.95 Å². The van der Waals surface area contributed by atoms with Crippen LogP contribution in [-0.4, -0.2) is 45.8 Å². The lowest BCUT2D eigenvalue weighted by Crippen LogP contribution is -2.49. The fourth-order valence-electron chi connectivity index (χ4n) is 2.32. The van der Waals surface area contributed by atoms with Crippen LogP contribution in [0.2, 0.25) is 0 Å². The molecule has 1 aliphatic heterocycles. The highest BCUT2D eigenvalue weighted by Gasteiger charge is 2.19. The summed E-state index contributed by atoms with van der Waals surface area (Å²) in [5.41, 5.74) is 2.09. The van der Waals surface area contributed by atoms with Gasteiger partial charge in [-0.25, -0.2) is 0 Å². The van der Waals surface area contributed by atoms with Crippen LogP contribution < -0.4 is 10.2 Å². The van der Waals surface area contributed by atoms with E-state index < -0.39 is 0 Å². The van der Waals surface area contributed by atoms with Crippen LogP contribution in [0.25, 0.3) is 11.4 Å². The highest BCUT2D eigenvalue weighted by molar-refractivity contribution is 5.55. The van der Waals surface area contributed by atoms with Gasteiger partial charge in [-0.1, -0.05) is 0 Å². The van der Waals surface area contributed by atoms with Crippen molar-refractivity contribution in [2.45, 2.75) is 19.9 Å². The van der Waals surface area contributed by atoms with Gasteiger partial charge in [-0.3, -0.25) is 10.1 Å². The van der Waals surface area contributed by atoms with Crippen molar-refractivity contribution in [3.8, 4) is 11.4 Å². The molecule has 100 valence electrons. The molecule has 19 heavy (non-hydrogen) atoms. The lowest BCUT2D eigenvalue weighted by Gasteiger charge is -2.30. The number of aromatic nitrogens is 4. The standard InChI is InChI=1S/C13H18N6/c1-9-5-11(7-14-6-9)12-16-13(18-17-12)19-4-3-15-10(2)8-19/h5-7,10,15H,3-4,8H2,1-2H3,(H,16,17,18). The topological polar surface area (TPSA) is 69.7 Å². The average molecular weight is 258 g/mol. The lowest BCUT2D eigenvalue weighted by atomic mass is 10.2. The molecule has 1 atom stereocenters. The Hall–Kier alpha value is -1.95. The molecule has 1 saturated heterocycles. The summed E-state index contributed by atoms with van der Waals surface area (Å²) < 4.78 is 0. The number of aryl methyl sites for hydroxylation is 1. The van der Waals surface area contributed by atoms with Gasteiger partial charge < -0.3 is 10.2 Å². The van der Waals surface area contributed by atoms with E-state index in [0.29, 0.717) is 6.04 Å². The maximum Gasteiger partial charge on any atom is 0.245 e. The molecule has 1 fully saturated rings. The van der Waals surface area contributed by atoms with Crippen molar-refractivity contribution in [1.82, 2.24) is 25.5 Å². The number of H-pyrrole nitrogens is 1. The van der Waals surface area contributed by atoms with E-state index in [1.807, 2.05) is 13.1 Å². The normalized spacial score (nSPS) is 19.7. The highest BCUT2D eigenvalue weighted by atomic mass is 15.4. The van der Waals surface area contributed by atoms with Crippen LogP contribution in [0.1, 0.15) is 12.5 Å². The SMILES string of the molecule is Cc1cncc(-c2nc(N3CCNC(C)C3)n[nH]2)c1. The summed E-state index contributed by atoms with van der Waals surface area (Å²) in [5.74, 6) is 1.54. The van der Waals surface area contributed by atoms with Gasteiger partial charge in [-0.2, -0.15) is 4.98 Å². The first-order valence-corrected chi connectivity index (χ1v) is 6.55. The first-order chi connectivity index (χ1) is 9.22. The Morgan fingerprint density at radius 3 is 3.05 bits per heavy atom. The van der Waals surface area contributed by atoms with Gasteiger partial charge in [0.25, 0.3) is 0 Å². The maximum absolute atomic E-state index is 4.57. The number of pyridine rings is 1. The summed E-state index contributed by atoms with van der Waals surface area (Å²) in [6.07, 6.45) is 3.64. The van der Waals surface area contributed by atoms with E-state index in [-0.39, 0.29) is 0 Å². The summed E-state index contributed by atoms with van der Waals surface area (Å²) in [6, 6.07) is 2.52. The molecule has 0 aliphatic carbocycles. The fourth-order valence-corrected chi connectivity index (χ4v) is 2.32. The minimum atomic E-state index is 0.469. The van der Waals surface area contributed by atoms with Crippen LogP contribution in [-0.2, 0) is 0 Å². The third kappa shape index (κ3) is 2.58. The van der Waals surface area contributed by atoms with Gasteiger partial charge in [0.05, 0.1) is 0 Å². The number of nitrogens with one attached hydrogen (secondary N) is 2. The smallest absolute Gasteiger partial charge is 0.245 e. The summed E-state index contributed by atoms with van der Waals surface area (Å²) in [4.78, 5) is 11.0. The van der Waals surface area contributed by atoms with Crippen LogP contribution in [0.15, 0.2) is 18.5 Å². The Kier molecular flexibility index (Phi) is 3.16. The number of nitrogens with zero attached hydrogens (tertiary/aromatic N) is 4. The third-order valence-corrected chi connectivity index (χ3v) is 3.27. The van der Waals surface area contributed by atoms with Crippen LogP contribution in [0.3, 0.4) is 0 Å². The van der Waals surface area contributed by atoms with Gasteiger partial charge in [0, 0.05) is 43.6 Å². The summed E-state index contributed by atoms with van der Waals surface area (Å²) >= 11 is 0. The van der Waals surface area contributed by atoms with E-state index in [9.17, 15) is 0 Å². The molecule has 6 nitrogen and oxygen atoms in total. The van der Waals surface area contributed by atoms with Crippen molar-refractivity contribution >= 4 is 5.95 Å². The molecule has 0 radical (unpaired) electrons. The second-order valence-corrected chi connectivity index (χ2v) is 5.04.